The lowest BCUT2D eigenvalue weighted by Crippen LogP contribution is -2.12. The van der Waals surface area contributed by atoms with Gasteiger partial charge < -0.3 is 0 Å². The third kappa shape index (κ3) is 3.02. The van der Waals surface area contributed by atoms with Crippen LogP contribution in [0, 0.1) is 0 Å². The van der Waals surface area contributed by atoms with Crippen LogP contribution in [0.3, 0.4) is 0 Å². The van der Waals surface area contributed by atoms with Gasteiger partial charge in [0.05, 0.1) is 0 Å². The first-order valence-electron chi connectivity index (χ1n) is 6.87. The normalized spacial score (nSPS) is 27.1. The molecule has 1 aliphatic rings. The second-order valence-corrected chi connectivity index (χ2v) is 8.28. The third-order valence-electron chi connectivity index (χ3n) is 3.98. The van der Waals surface area contributed by atoms with Gasteiger partial charge in [-0.2, -0.15) is 0 Å². The summed E-state index contributed by atoms with van der Waals surface area (Å²) in [7, 11) is -0.422. The SMILES string of the molecule is ClP1CC(c2ccccc2)CCC1c1ccccc1. The van der Waals surface area contributed by atoms with E-state index in [9.17, 15) is 0 Å². The molecule has 0 nitrogen and oxygen atoms in total. The minimum atomic E-state index is -0.422. The zero-order chi connectivity index (χ0) is 13.1. The summed E-state index contributed by atoms with van der Waals surface area (Å²) in [5.74, 6) is 0.657. The summed E-state index contributed by atoms with van der Waals surface area (Å²) in [6.45, 7) is 0. The molecule has 19 heavy (non-hydrogen) atoms. The van der Waals surface area contributed by atoms with Crippen LogP contribution in [0.25, 0.3) is 0 Å². The van der Waals surface area contributed by atoms with Gasteiger partial charge in [-0.15, -0.1) is 0 Å². The number of benzene rings is 2. The van der Waals surface area contributed by atoms with E-state index in [0.29, 0.717) is 11.6 Å². The molecule has 1 heterocycles. The fourth-order valence-corrected chi connectivity index (χ4v) is 6.05. The van der Waals surface area contributed by atoms with Gasteiger partial charge in [-0.1, -0.05) is 71.9 Å². The molecule has 0 spiro atoms. The van der Waals surface area contributed by atoms with Crippen LogP contribution in [-0.4, -0.2) is 6.16 Å². The van der Waals surface area contributed by atoms with Gasteiger partial charge in [0.2, 0.25) is 0 Å². The lowest BCUT2D eigenvalue weighted by molar-refractivity contribution is 0.602. The summed E-state index contributed by atoms with van der Waals surface area (Å²) in [6, 6.07) is 21.6. The van der Waals surface area contributed by atoms with Gasteiger partial charge in [0.25, 0.3) is 0 Å². The average molecular weight is 289 g/mol. The van der Waals surface area contributed by atoms with Gasteiger partial charge in [-0.3, -0.25) is 0 Å². The van der Waals surface area contributed by atoms with Crippen LogP contribution in [0.1, 0.15) is 35.5 Å². The van der Waals surface area contributed by atoms with Crippen molar-refractivity contribution in [3.63, 3.8) is 0 Å². The Morgan fingerprint density at radius 3 is 1.95 bits per heavy atom. The highest BCUT2D eigenvalue weighted by atomic mass is 35.7. The van der Waals surface area contributed by atoms with Crippen LogP contribution in [0.4, 0.5) is 0 Å². The molecule has 0 bridgehead atoms. The van der Waals surface area contributed by atoms with E-state index in [1.165, 1.54) is 24.0 Å². The molecule has 3 unspecified atom stereocenters. The van der Waals surface area contributed by atoms with E-state index < -0.39 is 7.27 Å². The van der Waals surface area contributed by atoms with Gasteiger partial charge in [-0.25, -0.2) is 0 Å². The first-order chi connectivity index (χ1) is 9.34. The van der Waals surface area contributed by atoms with Crippen LogP contribution in [0.5, 0.6) is 0 Å². The number of halogens is 1. The molecule has 98 valence electrons. The zero-order valence-electron chi connectivity index (χ0n) is 10.9. The second-order valence-electron chi connectivity index (χ2n) is 5.19. The molecule has 0 N–H and O–H groups in total. The van der Waals surface area contributed by atoms with Crippen LogP contribution < -0.4 is 0 Å². The summed E-state index contributed by atoms with van der Waals surface area (Å²) in [5.41, 5.74) is 3.47. The maximum Gasteiger partial charge on any atom is 0.0181 e. The fraction of sp³-hybridized carbons (Fsp3) is 0.294. The maximum atomic E-state index is 6.73. The lowest BCUT2D eigenvalue weighted by Gasteiger charge is -2.33. The Morgan fingerprint density at radius 2 is 1.37 bits per heavy atom. The summed E-state index contributed by atoms with van der Waals surface area (Å²) >= 11 is 6.73. The van der Waals surface area contributed by atoms with Crippen molar-refractivity contribution in [2.75, 3.05) is 6.16 Å². The monoisotopic (exact) mass is 288 g/mol. The third-order valence-corrected chi connectivity index (χ3v) is 7.12. The predicted molar refractivity (Wildman–Crippen MR) is 85.2 cm³/mol. The molecule has 2 heteroatoms. The maximum absolute atomic E-state index is 6.73. The molecule has 0 aromatic heterocycles. The molecule has 3 rings (SSSR count). The van der Waals surface area contributed by atoms with E-state index in [1.807, 2.05) is 0 Å². The first kappa shape index (κ1) is 13.2. The Labute approximate surface area is 121 Å². The molecular formula is C17H18ClP. The van der Waals surface area contributed by atoms with Crippen molar-refractivity contribution in [3.8, 4) is 0 Å². The quantitative estimate of drug-likeness (QED) is 0.600. The Morgan fingerprint density at radius 1 is 0.789 bits per heavy atom. The summed E-state index contributed by atoms with van der Waals surface area (Å²) in [4.78, 5) is 0. The molecule has 2 aromatic rings. The fourth-order valence-electron chi connectivity index (χ4n) is 2.93. The van der Waals surface area contributed by atoms with Crippen LogP contribution in [0.2, 0.25) is 0 Å². The molecule has 2 aromatic carbocycles. The summed E-state index contributed by atoms with van der Waals surface area (Å²) in [5, 5.41) is 0. The van der Waals surface area contributed by atoms with E-state index in [1.54, 1.807) is 0 Å². The Balaban J connectivity index is 1.73. The molecule has 3 atom stereocenters. The van der Waals surface area contributed by atoms with Crippen LogP contribution in [0.15, 0.2) is 60.7 Å². The van der Waals surface area contributed by atoms with Crippen molar-refractivity contribution < 1.29 is 0 Å². The van der Waals surface area contributed by atoms with Crippen molar-refractivity contribution in [1.82, 2.24) is 0 Å². The largest absolute Gasteiger partial charge is 0.0958 e. The van der Waals surface area contributed by atoms with E-state index in [4.69, 9.17) is 11.2 Å². The zero-order valence-corrected chi connectivity index (χ0v) is 12.5. The second kappa shape index (κ2) is 6.07. The topological polar surface area (TPSA) is 0 Å². The van der Waals surface area contributed by atoms with Crippen molar-refractivity contribution in [2.24, 2.45) is 0 Å². The number of hydrogen-bond donors (Lipinski definition) is 0. The van der Waals surface area contributed by atoms with E-state index >= 15 is 0 Å². The lowest BCUT2D eigenvalue weighted by atomic mass is 9.93. The highest BCUT2D eigenvalue weighted by Gasteiger charge is 2.30. The minimum absolute atomic E-state index is 0.422. The number of rotatable bonds is 2. The minimum Gasteiger partial charge on any atom is -0.0958 e. The van der Waals surface area contributed by atoms with Crippen LogP contribution in [-0.2, 0) is 0 Å². The summed E-state index contributed by atoms with van der Waals surface area (Å²) in [6.07, 6.45) is 3.63. The summed E-state index contributed by atoms with van der Waals surface area (Å²) < 4.78 is 0. The average Bonchev–Trinajstić information content (AvgIpc) is 2.49. The molecular weight excluding hydrogens is 271 g/mol. The van der Waals surface area contributed by atoms with E-state index in [-0.39, 0.29) is 0 Å². The first-order valence-corrected chi connectivity index (χ1v) is 9.37. The van der Waals surface area contributed by atoms with Crippen LogP contribution >= 0.6 is 18.5 Å². The van der Waals surface area contributed by atoms with Crippen molar-refractivity contribution >= 4 is 18.5 Å². The van der Waals surface area contributed by atoms with E-state index in [2.05, 4.69) is 60.7 Å². The smallest absolute Gasteiger partial charge is 0.0181 e. The van der Waals surface area contributed by atoms with Crippen molar-refractivity contribution in [1.29, 1.82) is 0 Å². The van der Waals surface area contributed by atoms with Gasteiger partial charge >= 0.3 is 0 Å². The Bertz CT molecular complexity index is 511. The molecule has 1 fully saturated rings. The van der Waals surface area contributed by atoms with Gasteiger partial charge in [-0.05, 0) is 43.3 Å². The number of hydrogen-bond acceptors (Lipinski definition) is 0. The van der Waals surface area contributed by atoms with Gasteiger partial charge in [0, 0.05) is 5.66 Å². The molecule has 0 saturated carbocycles. The highest BCUT2D eigenvalue weighted by molar-refractivity contribution is 7.84. The van der Waals surface area contributed by atoms with Crippen molar-refractivity contribution in [2.45, 2.75) is 24.4 Å². The Kier molecular flexibility index (Phi) is 4.21. The molecule has 0 aliphatic carbocycles. The molecule has 1 saturated heterocycles. The molecule has 0 radical (unpaired) electrons. The molecule has 0 amide bonds. The Hall–Kier alpha value is -0.840. The molecule has 1 aliphatic heterocycles. The van der Waals surface area contributed by atoms with E-state index in [0.717, 1.165) is 6.16 Å². The van der Waals surface area contributed by atoms with Gasteiger partial charge in [0.15, 0.2) is 0 Å². The van der Waals surface area contributed by atoms with Gasteiger partial charge in [0.1, 0.15) is 0 Å². The predicted octanol–water partition coefficient (Wildman–Crippen LogP) is 5.94. The van der Waals surface area contributed by atoms with Crippen molar-refractivity contribution in [3.05, 3.63) is 71.8 Å². The standard InChI is InChI=1S/C17H18ClP/c18-19-13-16(14-7-3-1-4-8-14)11-12-17(19)15-9-5-2-6-10-15/h1-10,16-17H,11-13H2. The highest BCUT2D eigenvalue weighted by Crippen LogP contribution is 2.63.